The van der Waals surface area contributed by atoms with Crippen molar-refractivity contribution in [1.82, 2.24) is 19.5 Å². The van der Waals surface area contributed by atoms with E-state index >= 15 is 0 Å². The van der Waals surface area contributed by atoms with Crippen LogP contribution >= 0.6 is 0 Å². The molecule has 4 rings (SSSR count). The molecule has 0 bridgehead atoms. The van der Waals surface area contributed by atoms with Crippen LogP contribution in [0.5, 0.6) is 11.5 Å². The highest BCUT2D eigenvalue weighted by Gasteiger charge is 2.26. The molecule has 7 heteroatoms. The Labute approximate surface area is 163 Å². The van der Waals surface area contributed by atoms with Crippen LogP contribution in [-0.2, 0) is 6.54 Å². The summed E-state index contributed by atoms with van der Waals surface area (Å²) in [7, 11) is 3.33. The molecule has 28 heavy (non-hydrogen) atoms. The minimum atomic E-state index is -0.0212. The van der Waals surface area contributed by atoms with Gasteiger partial charge in [-0.3, -0.25) is 14.8 Å². The molecule has 0 amide bonds. The lowest BCUT2D eigenvalue weighted by Crippen LogP contribution is -2.20. The van der Waals surface area contributed by atoms with Gasteiger partial charge in [0.2, 0.25) is 0 Å². The summed E-state index contributed by atoms with van der Waals surface area (Å²) in [5, 5.41) is 3.27. The van der Waals surface area contributed by atoms with Crippen molar-refractivity contribution < 1.29 is 9.47 Å². The topological polar surface area (TPSA) is 71.9 Å². The van der Waals surface area contributed by atoms with Gasteiger partial charge < -0.3 is 9.47 Å². The number of H-pyrrole nitrogens is 1. The van der Waals surface area contributed by atoms with Crippen LogP contribution in [0.15, 0.2) is 29.1 Å². The predicted octanol–water partition coefficient (Wildman–Crippen LogP) is 2.65. The van der Waals surface area contributed by atoms with E-state index in [9.17, 15) is 4.79 Å². The molecule has 1 atom stereocenters. The summed E-state index contributed by atoms with van der Waals surface area (Å²) in [5.74, 6) is 1.96. The normalized spacial score (nSPS) is 17.4. The zero-order valence-electron chi connectivity index (χ0n) is 16.8. The number of benzene rings is 1. The van der Waals surface area contributed by atoms with E-state index in [-0.39, 0.29) is 5.56 Å². The van der Waals surface area contributed by atoms with E-state index in [0.717, 1.165) is 54.5 Å². The smallest absolute Gasteiger partial charge is 0.275 e. The Hall–Kier alpha value is -2.80. The second kappa shape index (κ2) is 7.31. The Bertz CT molecular complexity index is 1050. The maximum Gasteiger partial charge on any atom is 0.275 e. The van der Waals surface area contributed by atoms with Gasteiger partial charge in [-0.25, -0.2) is 9.50 Å². The maximum absolute atomic E-state index is 12.5. The van der Waals surface area contributed by atoms with Crippen molar-refractivity contribution >= 4 is 5.65 Å². The van der Waals surface area contributed by atoms with Crippen LogP contribution in [0.2, 0.25) is 0 Å². The minimum absolute atomic E-state index is 0.0212. The van der Waals surface area contributed by atoms with Crippen molar-refractivity contribution in [3.05, 3.63) is 57.1 Å². The van der Waals surface area contributed by atoms with Crippen LogP contribution in [0, 0.1) is 13.8 Å². The highest BCUT2D eigenvalue weighted by Crippen LogP contribution is 2.29. The Morgan fingerprint density at radius 3 is 2.54 bits per heavy atom. The summed E-state index contributed by atoms with van der Waals surface area (Å²) in [4.78, 5) is 19.4. The zero-order chi connectivity index (χ0) is 19.8. The Balaban J connectivity index is 1.52. The van der Waals surface area contributed by atoms with Gasteiger partial charge in [-0.1, -0.05) is 0 Å². The molecular formula is C21H26N4O3. The van der Waals surface area contributed by atoms with Gasteiger partial charge >= 0.3 is 0 Å². The summed E-state index contributed by atoms with van der Waals surface area (Å²) in [6.07, 6.45) is 1.04. The lowest BCUT2D eigenvalue weighted by Gasteiger charge is -2.17. The van der Waals surface area contributed by atoms with Gasteiger partial charge in [0.25, 0.3) is 5.56 Å². The highest BCUT2D eigenvalue weighted by atomic mass is 16.5. The number of ether oxygens (including phenoxy) is 2. The van der Waals surface area contributed by atoms with Gasteiger partial charge in [0.05, 0.1) is 14.2 Å². The zero-order valence-corrected chi connectivity index (χ0v) is 16.8. The van der Waals surface area contributed by atoms with Gasteiger partial charge in [0.1, 0.15) is 11.5 Å². The molecule has 3 heterocycles. The number of fused-ring (bicyclic) bond motifs is 1. The number of methoxy groups -OCH3 is 2. The number of nitrogens with zero attached hydrogens (tertiary/aromatic N) is 3. The molecule has 1 saturated heterocycles. The molecule has 2 aromatic heterocycles. The standard InChI is InChI=1S/C21H26N4O3/c1-13-14(2)22-20-10-19(23-25(20)21(13)26)16-5-6-24(12-16)11-15-7-17(27-3)9-18(8-15)28-4/h7-10,16,23H,5-6,11-12H2,1-4H3. The second-order valence-electron chi connectivity index (χ2n) is 7.47. The van der Waals surface area contributed by atoms with E-state index in [2.05, 4.69) is 15.0 Å². The molecule has 1 aliphatic heterocycles. The summed E-state index contributed by atoms with van der Waals surface area (Å²) in [6.45, 7) is 6.46. The summed E-state index contributed by atoms with van der Waals surface area (Å²) < 4.78 is 12.3. The van der Waals surface area contributed by atoms with Crippen LogP contribution in [-0.4, -0.2) is 46.8 Å². The molecule has 3 aromatic rings. The molecule has 0 spiro atoms. The number of rotatable bonds is 5. The Kier molecular flexibility index (Phi) is 4.85. The van der Waals surface area contributed by atoms with E-state index in [1.807, 2.05) is 38.1 Å². The quantitative estimate of drug-likeness (QED) is 0.735. The number of hydrogen-bond donors (Lipinski definition) is 1. The summed E-state index contributed by atoms with van der Waals surface area (Å²) >= 11 is 0. The van der Waals surface area contributed by atoms with Gasteiger partial charge in [-0.2, -0.15) is 0 Å². The number of aromatic nitrogens is 3. The van der Waals surface area contributed by atoms with Crippen molar-refractivity contribution in [1.29, 1.82) is 0 Å². The average molecular weight is 382 g/mol. The van der Waals surface area contributed by atoms with Gasteiger partial charge in [-0.15, -0.1) is 0 Å². The van der Waals surface area contributed by atoms with Gasteiger partial charge in [-0.05, 0) is 44.5 Å². The average Bonchev–Trinajstić information content (AvgIpc) is 3.32. The van der Waals surface area contributed by atoms with Crippen LogP contribution in [0.4, 0.5) is 0 Å². The van der Waals surface area contributed by atoms with E-state index in [1.165, 1.54) is 0 Å². The lowest BCUT2D eigenvalue weighted by molar-refractivity contribution is 0.323. The maximum atomic E-state index is 12.5. The molecule has 0 aliphatic carbocycles. The number of aromatic amines is 1. The van der Waals surface area contributed by atoms with Crippen LogP contribution < -0.4 is 15.0 Å². The van der Waals surface area contributed by atoms with Gasteiger partial charge in [0.15, 0.2) is 5.65 Å². The fraction of sp³-hybridized carbons (Fsp3) is 0.429. The molecular weight excluding hydrogens is 356 g/mol. The number of likely N-dealkylation sites (tertiary alicyclic amines) is 1. The van der Waals surface area contributed by atoms with E-state index in [1.54, 1.807) is 18.7 Å². The fourth-order valence-electron chi connectivity index (χ4n) is 3.89. The highest BCUT2D eigenvalue weighted by molar-refractivity contribution is 5.42. The first-order valence-corrected chi connectivity index (χ1v) is 9.51. The summed E-state index contributed by atoms with van der Waals surface area (Å²) in [5.41, 5.74) is 4.38. The van der Waals surface area contributed by atoms with Crippen LogP contribution in [0.3, 0.4) is 0 Å². The number of nitrogens with one attached hydrogen (secondary N) is 1. The molecule has 1 aliphatic rings. The minimum Gasteiger partial charge on any atom is -0.497 e. The molecule has 1 N–H and O–H groups in total. The monoisotopic (exact) mass is 382 g/mol. The first-order valence-electron chi connectivity index (χ1n) is 9.51. The third-order valence-corrected chi connectivity index (χ3v) is 5.63. The largest absolute Gasteiger partial charge is 0.497 e. The van der Waals surface area contributed by atoms with E-state index in [4.69, 9.17) is 9.47 Å². The van der Waals surface area contributed by atoms with E-state index in [0.29, 0.717) is 17.1 Å². The second-order valence-corrected chi connectivity index (χ2v) is 7.47. The first kappa shape index (κ1) is 18.6. The molecule has 148 valence electrons. The van der Waals surface area contributed by atoms with Gasteiger partial charge in [0, 0.05) is 48.1 Å². The number of aryl methyl sites for hydroxylation is 1. The molecule has 7 nitrogen and oxygen atoms in total. The van der Waals surface area contributed by atoms with Crippen molar-refractivity contribution in [3.8, 4) is 11.5 Å². The third kappa shape index (κ3) is 3.38. The van der Waals surface area contributed by atoms with Crippen molar-refractivity contribution in [2.75, 3.05) is 27.3 Å². The first-order chi connectivity index (χ1) is 13.5. The Morgan fingerprint density at radius 1 is 1.14 bits per heavy atom. The van der Waals surface area contributed by atoms with Crippen molar-refractivity contribution in [2.24, 2.45) is 0 Å². The SMILES string of the molecule is COc1cc(CN2CCC(c3cc4nc(C)c(C)c(=O)n4[nH]3)C2)cc(OC)c1. The van der Waals surface area contributed by atoms with Crippen LogP contribution in [0.25, 0.3) is 5.65 Å². The fourth-order valence-corrected chi connectivity index (χ4v) is 3.89. The lowest BCUT2D eigenvalue weighted by atomic mass is 10.1. The molecule has 1 aromatic carbocycles. The molecule has 0 radical (unpaired) electrons. The summed E-state index contributed by atoms with van der Waals surface area (Å²) in [6, 6.07) is 7.99. The number of hydrogen-bond acceptors (Lipinski definition) is 5. The van der Waals surface area contributed by atoms with Crippen molar-refractivity contribution in [3.63, 3.8) is 0 Å². The van der Waals surface area contributed by atoms with E-state index < -0.39 is 0 Å². The third-order valence-electron chi connectivity index (χ3n) is 5.63. The van der Waals surface area contributed by atoms with Crippen molar-refractivity contribution in [2.45, 2.75) is 32.7 Å². The Morgan fingerprint density at radius 2 is 1.86 bits per heavy atom. The molecule has 0 saturated carbocycles. The van der Waals surface area contributed by atoms with Crippen LogP contribution in [0.1, 0.15) is 34.9 Å². The molecule has 1 unspecified atom stereocenters. The molecule has 1 fully saturated rings. The predicted molar refractivity (Wildman–Crippen MR) is 107 cm³/mol.